The summed E-state index contributed by atoms with van der Waals surface area (Å²) in [6.45, 7) is 4.48. The van der Waals surface area contributed by atoms with E-state index in [9.17, 15) is 8.42 Å². The second-order valence-corrected chi connectivity index (χ2v) is 10.4. The van der Waals surface area contributed by atoms with E-state index in [1.807, 2.05) is 18.2 Å². The van der Waals surface area contributed by atoms with Crippen LogP contribution in [0, 0.1) is 5.92 Å². The molecule has 2 fully saturated rings. The Kier molecular flexibility index (Phi) is 6.22. The Balaban J connectivity index is 1.11. The molecule has 2 saturated heterocycles. The summed E-state index contributed by atoms with van der Waals surface area (Å²) < 4.78 is 38.4. The molecule has 2 aromatic heterocycles. The van der Waals surface area contributed by atoms with Gasteiger partial charge in [-0.05, 0) is 37.1 Å². The third kappa shape index (κ3) is 5.29. The van der Waals surface area contributed by atoms with E-state index in [1.54, 1.807) is 18.3 Å². The average molecular weight is 473 g/mol. The van der Waals surface area contributed by atoms with Crippen molar-refractivity contribution in [2.45, 2.75) is 25.5 Å². The Morgan fingerprint density at radius 3 is 2.82 bits per heavy atom. The molecule has 0 bridgehead atoms. The van der Waals surface area contributed by atoms with Crippen molar-refractivity contribution in [3.63, 3.8) is 0 Å². The van der Waals surface area contributed by atoms with Crippen LogP contribution in [0.25, 0.3) is 11.0 Å². The van der Waals surface area contributed by atoms with Gasteiger partial charge in [-0.25, -0.2) is 0 Å². The minimum Gasteiger partial charge on any atom is -0.492 e. The van der Waals surface area contributed by atoms with E-state index in [4.69, 9.17) is 13.4 Å². The number of benzene rings is 1. The van der Waals surface area contributed by atoms with Crippen molar-refractivity contribution in [3.8, 4) is 5.75 Å². The number of para-hydroxylation sites is 1. The molecule has 1 aromatic carbocycles. The summed E-state index contributed by atoms with van der Waals surface area (Å²) in [6.07, 6.45) is 4.88. The minimum absolute atomic E-state index is 0.0702. The summed E-state index contributed by atoms with van der Waals surface area (Å²) in [5.74, 6) is 2.10. The summed E-state index contributed by atoms with van der Waals surface area (Å²) in [7, 11) is -3.48. The van der Waals surface area contributed by atoms with Crippen molar-refractivity contribution in [1.82, 2.24) is 15.0 Å². The normalized spacial score (nSPS) is 21.8. The van der Waals surface area contributed by atoms with Crippen LogP contribution in [0.2, 0.25) is 0 Å². The fraction of sp³-hybridized carbons (Fsp3) is 0.478. The Labute approximate surface area is 193 Å². The lowest BCUT2D eigenvalue weighted by Crippen LogP contribution is -2.57. The average Bonchev–Trinajstić information content (AvgIpc) is 3.25. The molecule has 2 aliphatic heterocycles. The van der Waals surface area contributed by atoms with Crippen LogP contribution < -0.4 is 9.64 Å². The van der Waals surface area contributed by atoms with E-state index in [-0.39, 0.29) is 6.61 Å². The maximum Gasteiger partial charge on any atom is 0.264 e. The van der Waals surface area contributed by atoms with Crippen LogP contribution in [0.1, 0.15) is 18.5 Å². The highest BCUT2D eigenvalue weighted by Crippen LogP contribution is 2.31. The van der Waals surface area contributed by atoms with Crippen molar-refractivity contribution in [1.29, 1.82) is 0 Å². The number of hydrogen-bond acceptors (Lipinski definition) is 9. The van der Waals surface area contributed by atoms with Crippen LogP contribution in [0.3, 0.4) is 0 Å². The van der Waals surface area contributed by atoms with Gasteiger partial charge in [0.25, 0.3) is 10.1 Å². The Hall–Kier alpha value is -2.69. The predicted octanol–water partition coefficient (Wildman–Crippen LogP) is 2.68. The molecule has 176 valence electrons. The van der Waals surface area contributed by atoms with E-state index >= 15 is 0 Å². The molecule has 2 atom stereocenters. The molecular weight excluding hydrogens is 444 g/mol. The summed E-state index contributed by atoms with van der Waals surface area (Å²) in [6, 6.07) is 12.1. The summed E-state index contributed by atoms with van der Waals surface area (Å²) in [4.78, 5) is 9.14. The number of pyridine rings is 1. The lowest BCUT2D eigenvalue weighted by atomic mass is 9.91. The number of anilines is 1. The highest BCUT2D eigenvalue weighted by atomic mass is 32.2. The number of hydrogen-bond donors (Lipinski definition) is 0. The number of nitrogens with zero attached hydrogens (tertiary/aromatic N) is 4. The molecule has 0 spiro atoms. The van der Waals surface area contributed by atoms with E-state index in [1.165, 1.54) is 0 Å². The number of rotatable bonds is 7. The number of ether oxygens (including phenoxy) is 1. The van der Waals surface area contributed by atoms with Crippen molar-refractivity contribution in [2.24, 2.45) is 5.92 Å². The van der Waals surface area contributed by atoms with Gasteiger partial charge in [0, 0.05) is 38.1 Å². The van der Waals surface area contributed by atoms with Crippen LogP contribution in [0.15, 0.2) is 47.1 Å². The van der Waals surface area contributed by atoms with E-state index in [2.05, 4.69) is 26.0 Å². The first kappa shape index (κ1) is 22.1. The highest BCUT2D eigenvalue weighted by Gasteiger charge is 2.34. The lowest BCUT2D eigenvalue weighted by molar-refractivity contribution is 0.0726. The zero-order valence-corrected chi connectivity index (χ0v) is 19.4. The molecule has 33 heavy (non-hydrogen) atoms. The molecule has 0 aliphatic carbocycles. The second kappa shape index (κ2) is 9.28. The fourth-order valence-corrected chi connectivity index (χ4v) is 4.99. The van der Waals surface area contributed by atoms with E-state index < -0.39 is 10.1 Å². The molecule has 3 aromatic rings. The van der Waals surface area contributed by atoms with Gasteiger partial charge in [0.15, 0.2) is 11.4 Å². The topological polar surface area (TPSA) is 98.0 Å². The van der Waals surface area contributed by atoms with E-state index in [0.717, 1.165) is 62.1 Å². The monoisotopic (exact) mass is 472 g/mol. The van der Waals surface area contributed by atoms with Crippen LogP contribution in [-0.2, 0) is 20.9 Å². The quantitative estimate of drug-likeness (QED) is 0.481. The number of fused-ring (bicyclic) bond motifs is 2. The standard InChI is InChI=1S/C23H28N4O5S/c1-33(28,29)31-16-18-7-9-20(12-24-18)30-15-17-6-8-19-14-27(11-10-26(19)13-17)23-21-4-2-3-5-22(21)32-25-23/h2-5,7,9,12,17,19H,6,8,10-11,13-16H2,1H3/t17-,19-/m1/s1. The first-order valence-corrected chi connectivity index (χ1v) is 13.0. The zero-order chi connectivity index (χ0) is 22.8. The van der Waals surface area contributed by atoms with Gasteiger partial charge in [0.05, 0.1) is 30.1 Å². The van der Waals surface area contributed by atoms with Crippen LogP contribution in [0.5, 0.6) is 5.75 Å². The molecule has 0 radical (unpaired) electrons. The van der Waals surface area contributed by atoms with Gasteiger partial charge in [0.1, 0.15) is 12.4 Å². The third-order valence-electron chi connectivity index (χ3n) is 6.37. The van der Waals surface area contributed by atoms with Crippen LogP contribution in [0.4, 0.5) is 5.82 Å². The van der Waals surface area contributed by atoms with E-state index in [0.29, 0.717) is 30.0 Å². The van der Waals surface area contributed by atoms with Gasteiger partial charge in [0.2, 0.25) is 0 Å². The molecule has 9 nitrogen and oxygen atoms in total. The van der Waals surface area contributed by atoms with Gasteiger partial charge >= 0.3 is 0 Å². The predicted molar refractivity (Wildman–Crippen MR) is 124 cm³/mol. The van der Waals surface area contributed by atoms with Gasteiger partial charge in [-0.2, -0.15) is 8.42 Å². The van der Waals surface area contributed by atoms with Crippen LogP contribution in [-0.4, -0.2) is 68.5 Å². The Morgan fingerprint density at radius 2 is 2.00 bits per heavy atom. The van der Waals surface area contributed by atoms with Gasteiger partial charge in [-0.1, -0.05) is 17.3 Å². The SMILES string of the molecule is CS(=O)(=O)OCc1ccc(OC[C@@H]2CC[C@@H]3CN(c4noc5ccccc45)CCN3C2)cn1. The van der Waals surface area contributed by atoms with Crippen molar-refractivity contribution in [3.05, 3.63) is 48.3 Å². The highest BCUT2D eigenvalue weighted by molar-refractivity contribution is 7.85. The summed E-state index contributed by atoms with van der Waals surface area (Å²) in [5, 5.41) is 5.41. The Morgan fingerprint density at radius 1 is 1.12 bits per heavy atom. The van der Waals surface area contributed by atoms with Crippen LogP contribution >= 0.6 is 0 Å². The van der Waals surface area contributed by atoms with Crippen molar-refractivity contribution >= 4 is 26.9 Å². The molecule has 5 rings (SSSR count). The largest absolute Gasteiger partial charge is 0.492 e. The number of aromatic nitrogens is 2. The lowest BCUT2D eigenvalue weighted by Gasteiger charge is -2.46. The fourth-order valence-electron chi connectivity index (χ4n) is 4.65. The Bertz CT molecular complexity index is 1200. The van der Waals surface area contributed by atoms with Crippen molar-refractivity contribution < 1.29 is 21.9 Å². The second-order valence-electron chi connectivity index (χ2n) is 8.80. The maximum atomic E-state index is 11.1. The van der Waals surface area contributed by atoms with Gasteiger partial charge < -0.3 is 14.2 Å². The molecule has 4 heterocycles. The first-order valence-electron chi connectivity index (χ1n) is 11.2. The smallest absolute Gasteiger partial charge is 0.264 e. The molecule has 0 amide bonds. The molecule has 0 N–H and O–H groups in total. The molecule has 10 heteroatoms. The maximum absolute atomic E-state index is 11.1. The third-order valence-corrected chi connectivity index (χ3v) is 6.91. The number of piperidine rings is 1. The zero-order valence-electron chi connectivity index (χ0n) is 18.6. The first-order chi connectivity index (χ1) is 15.9. The van der Waals surface area contributed by atoms with Gasteiger partial charge in [-0.3, -0.25) is 14.1 Å². The molecular formula is C23H28N4O5S. The molecule has 0 saturated carbocycles. The minimum atomic E-state index is -3.48. The molecule has 0 unspecified atom stereocenters. The summed E-state index contributed by atoms with van der Waals surface area (Å²) in [5.41, 5.74) is 1.38. The van der Waals surface area contributed by atoms with Gasteiger partial charge in [-0.15, -0.1) is 0 Å². The number of piperazine rings is 1. The van der Waals surface area contributed by atoms with Crippen molar-refractivity contribution in [2.75, 3.05) is 43.9 Å². The molecule has 2 aliphatic rings. The summed E-state index contributed by atoms with van der Waals surface area (Å²) >= 11 is 0.